The molecule has 0 saturated heterocycles. The number of halogens is 1. The van der Waals surface area contributed by atoms with E-state index in [1.54, 1.807) is 12.3 Å². The van der Waals surface area contributed by atoms with Crippen molar-refractivity contribution in [2.75, 3.05) is 11.9 Å². The highest BCUT2D eigenvalue weighted by Crippen LogP contribution is 2.18. The van der Waals surface area contributed by atoms with Crippen LogP contribution < -0.4 is 5.32 Å². The molecule has 7 heteroatoms. The van der Waals surface area contributed by atoms with Gasteiger partial charge in [-0.25, -0.2) is 4.98 Å². The van der Waals surface area contributed by atoms with Crippen LogP contribution in [-0.4, -0.2) is 21.7 Å². The first-order valence-corrected chi connectivity index (χ1v) is 5.64. The fourth-order valence-electron chi connectivity index (χ4n) is 1.05. The summed E-state index contributed by atoms with van der Waals surface area (Å²) in [5, 5.41) is 9.91. The number of aromatic nitrogens is 3. The Kier molecular flexibility index (Phi) is 3.17. The van der Waals surface area contributed by atoms with Crippen molar-refractivity contribution in [3.8, 4) is 0 Å². The Morgan fingerprint density at radius 1 is 1.53 bits per heavy atom. The third-order valence-corrected chi connectivity index (χ3v) is 2.78. The number of rotatable bonds is 4. The molecule has 80 valence electrons. The van der Waals surface area contributed by atoms with Gasteiger partial charge >= 0.3 is 0 Å². The molecule has 0 bridgehead atoms. The van der Waals surface area contributed by atoms with Crippen LogP contribution in [0, 0.1) is 6.92 Å². The minimum atomic E-state index is 0.510. The van der Waals surface area contributed by atoms with Crippen LogP contribution >= 0.6 is 22.9 Å². The first-order chi connectivity index (χ1) is 7.24. The summed E-state index contributed by atoms with van der Waals surface area (Å²) >= 11 is 7.15. The lowest BCUT2D eigenvalue weighted by Gasteiger charge is -1.97. The maximum atomic E-state index is 5.68. The molecule has 0 aliphatic carbocycles. The first-order valence-electron chi connectivity index (χ1n) is 4.38. The van der Waals surface area contributed by atoms with E-state index in [0.29, 0.717) is 29.8 Å². The molecule has 15 heavy (non-hydrogen) atoms. The highest BCUT2D eigenvalue weighted by molar-refractivity contribution is 7.14. The Hall–Kier alpha value is -1.14. The number of nitrogens with one attached hydrogen (secondary N) is 1. The summed E-state index contributed by atoms with van der Waals surface area (Å²) in [6.45, 7) is 2.49. The Morgan fingerprint density at radius 3 is 3.00 bits per heavy atom. The van der Waals surface area contributed by atoms with Crippen LogP contribution in [0.5, 0.6) is 0 Å². The van der Waals surface area contributed by atoms with Crippen molar-refractivity contribution in [2.24, 2.45) is 0 Å². The van der Waals surface area contributed by atoms with Crippen LogP contribution in [0.25, 0.3) is 0 Å². The maximum Gasteiger partial charge on any atom is 0.228 e. The number of aryl methyl sites for hydroxylation is 1. The molecular weight excluding hydrogens is 236 g/mol. The van der Waals surface area contributed by atoms with Gasteiger partial charge in [-0.15, -0.1) is 11.3 Å². The van der Waals surface area contributed by atoms with Gasteiger partial charge in [0.05, 0.1) is 0 Å². The summed E-state index contributed by atoms with van der Waals surface area (Å²) in [4.78, 5) is 8.14. The fraction of sp³-hybridized carbons (Fsp3) is 0.375. The molecule has 2 aromatic rings. The van der Waals surface area contributed by atoms with Crippen LogP contribution in [0.4, 0.5) is 5.13 Å². The third kappa shape index (κ3) is 2.90. The van der Waals surface area contributed by atoms with Crippen molar-refractivity contribution in [1.82, 2.24) is 15.1 Å². The van der Waals surface area contributed by atoms with Crippen LogP contribution in [0.1, 0.15) is 11.7 Å². The van der Waals surface area contributed by atoms with Crippen LogP contribution in [0.3, 0.4) is 0 Å². The maximum absolute atomic E-state index is 5.68. The average molecular weight is 245 g/mol. The molecule has 2 heterocycles. The summed E-state index contributed by atoms with van der Waals surface area (Å²) in [6.07, 6.45) is 0.679. The highest BCUT2D eigenvalue weighted by Gasteiger charge is 2.03. The van der Waals surface area contributed by atoms with Crippen molar-refractivity contribution < 1.29 is 4.52 Å². The Labute approximate surface area is 95.5 Å². The van der Waals surface area contributed by atoms with E-state index < -0.39 is 0 Å². The summed E-state index contributed by atoms with van der Waals surface area (Å²) in [5.74, 6) is 1.28. The third-order valence-electron chi connectivity index (χ3n) is 1.66. The predicted molar refractivity (Wildman–Crippen MR) is 58.4 cm³/mol. The summed E-state index contributed by atoms with van der Waals surface area (Å²) in [5.41, 5.74) is 0. The molecule has 0 fully saturated rings. The van der Waals surface area contributed by atoms with Gasteiger partial charge in [0.2, 0.25) is 5.89 Å². The van der Waals surface area contributed by atoms with Crippen molar-refractivity contribution >= 4 is 28.1 Å². The van der Waals surface area contributed by atoms with Crippen molar-refractivity contribution in [3.63, 3.8) is 0 Å². The standard InChI is InChI=1S/C8H9ClN4OS/c1-5-11-7(14-13-5)2-3-10-8-12-6(9)4-15-8/h4H,2-3H2,1H3,(H,10,12). The number of thiazole rings is 1. The molecule has 1 N–H and O–H groups in total. The van der Waals surface area contributed by atoms with Crippen LogP contribution in [0.2, 0.25) is 5.15 Å². The van der Waals surface area contributed by atoms with Crippen LogP contribution in [-0.2, 0) is 6.42 Å². The predicted octanol–water partition coefficient (Wildman–Crippen LogP) is 2.14. The Morgan fingerprint density at radius 2 is 2.40 bits per heavy atom. The summed E-state index contributed by atoms with van der Waals surface area (Å²) in [6, 6.07) is 0. The van der Waals surface area contributed by atoms with Crippen LogP contribution in [0.15, 0.2) is 9.90 Å². The van der Waals surface area contributed by atoms with Gasteiger partial charge in [0.25, 0.3) is 0 Å². The zero-order valence-electron chi connectivity index (χ0n) is 8.03. The fourth-order valence-corrected chi connectivity index (χ4v) is 1.92. The topological polar surface area (TPSA) is 63.8 Å². The molecule has 2 aromatic heterocycles. The van der Waals surface area contributed by atoms with E-state index >= 15 is 0 Å². The molecular formula is C8H9ClN4OS. The lowest BCUT2D eigenvalue weighted by Crippen LogP contribution is -2.04. The lowest BCUT2D eigenvalue weighted by molar-refractivity contribution is 0.377. The summed E-state index contributed by atoms with van der Waals surface area (Å²) in [7, 11) is 0. The van der Waals surface area contributed by atoms with E-state index in [-0.39, 0.29) is 0 Å². The first kappa shape index (κ1) is 10.4. The number of hydrogen-bond acceptors (Lipinski definition) is 6. The van der Waals surface area contributed by atoms with E-state index in [1.807, 2.05) is 0 Å². The molecule has 0 saturated carbocycles. The normalized spacial score (nSPS) is 10.5. The zero-order chi connectivity index (χ0) is 10.7. The van der Waals surface area contributed by atoms with E-state index in [2.05, 4.69) is 20.4 Å². The van der Waals surface area contributed by atoms with Gasteiger partial charge in [-0.2, -0.15) is 4.98 Å². The van der Waals surface area contributed by atoms with Gasteiger partial charge in [-0.3, -0.25) is 0 Å². The van der Waals surface area contributed by atoms with Gasteiger partial charge < -0.3 is 9.84 Å². The van der Waals surface area contributed by atoms with E-state index in [4.69, 9.17) is 16.1 Å². The second kappa shape index (κ2) is 4.59. The molecule has 0 spiro atoms. The SMILES string of the molecule is Cc1noc(CCNc2nc(Cl)cs2)n1. The molecule has 0 atom stereocenters. The summed E-state index contributed by atoms with van der Waals surface area (Å²) < 4.78 is 4.96. The van der Waals surface area contributed by atoms with E-state index in [0.717, 1.165) is 5.13 Å². The van der Waals surface area contributed by atoms with E-state index in [9.17, 15) is 0 Å². The smallest absolute Gasteiger partial charge is 0.228 e. The van der Waals surface area contributed by atoms with Crippen molar-refractivity contribution in [1.29, 1.82) is 0 Å². The lowest BCUT2D eigenvalue weighted by atomic mass is 10.4. The second-order valence-corrected chi connectivity index (χ2v) is 4.13. The number of nitrogens with zero attached hydrogens (tertiary/aromatic N) is 3. The molecule has 0 aliphatic heterocycles. The van der Waals surface area contributed by atoms with Gasteiger partial charge in [0.15, 0.2) is 11.0 Å². The molecule has 0 unspecified atom stereocenters. The highest BCUT2D eigenvalue weighted by atomic mass is 35.5. The second-order valence-electron chi connectivity index (χ2n) is 2.89. The van der Waals surface area contributed by atoms with Gasteiger partial charge in [-0.05, 0) is 6.92 Å². The van der Waals surface area contributed by atoms with E-state index in [1.165, 1.54) is 11.3 Å². The van der Waals surface area contributed by atoms with Gasteiger partial charge in [0, 0.05) is 18.3 Å². The Bertz CT molecular complexity index is 401. The Balaban J connectivity index is 1.80. The molecule has 0 aliphatic rings. The minimum absolute atomic E-state index is 0.510. The van der Waals surface area contributed by atoms with Crippen molar-refractivity contribution in [3.05, 3.63) is 22.2 Å². The molecule has 2 rings (SSSR count). The molecule has 0 aromatic carbocycles. The molecule has 5 nitrogen and oxygen atoms in total. The molecule has 0 radical (unpaired) electrons. The van der Waals surface area contributed by atoms with Crippen molar-refractivity contribution in [2.45, 2.75) is 13.3 Å². The molecule has 0 amide bonds. The zero-order valence-corrected chi connectivity index (χ0v) is 9.60. The number of anilines is 1. The number of hydrogen-bond donors (Lipinski definition) is 1. The largest absolute Gasteiger partial charge is 0.361 e. The van der Waals surface area contributed by atoms with Gasteiger partial charge in [0.1, 0.15) is 5.15 Å². The van der Waals surface area contributed by atoms with Gasteiger partial charge in [-0.1, -0.05) is 16.8 Å². The minimum Gasteiger partial charge on any atom is -0.361 e. The monoisotopic (exact) mass is 244 g/mol. The quantitative estimate of drug-likeness (QED) is 0.893. The average Bonchev–Trinajstić information content (AvgIpc) is 2.76.